The van der Waals surface area contributed by atoms with E-state index in [-0.39, 0.29) is 23.6 Å². The first-order chi connectivity index (χ1) is 17.1. The zero-order valence-corrected chi connectivity index (χ0v) is 19.3. The summed E-state index contributed by atoms with van der Waals surface area (Å²) in [5, 5.41) is 15.6. The zero-order chi connectivity index (χ0) is 23.9. The van der Waals surface area contributed by atoms with Crippen molar-refractivity contribution in [2.45, 2.75) is 6.04 Å². The Morgan fingerprint density at radius 3 is 2.40 bits per heavy atom. The summed E-state index contributed by atoms with van der Waals surface area (Å²) in [6.45, 7) is 2.48. The Bertz CT molecular complexity index is 1460. The van der Waals surface area contributed by atoms with Crippen molar-refractivity contribution in [2.75, 3.05) is 31.1 Å². The Labute approximate surface area is 203 Å². The number of para-hydroxylation sites is 1. The number of aromatic nitrogens is 3. The number of benzene rings is 2. The second kappa shape index (κ2) is 8.79. The van der Waals surface area contributed by atoms with E-state index in [9.17, 15) is 13.9 Å². The normalized spacial score (nSPS) is 15.7. The average molecular weight is 494 g/mol. The molecule has 4 heterocycles. The van der Waals surface area contributed by atoms with Crippen molar-refractivity contribution < 1.29 is 18.3 Å². The van der Waals surface area contributed by atoms with Crippen LogP contribution in [0, 0.1) is 11.6 Å². The molecule has 35 heavy (non-hydrogen) atoms. The van der Waals surface area contributed by atoms with E-state index in [0.29, 0.717) is 53.3 Å². The molecule has 10 heteroatoms. The predicted octanol–water partition coefficient (Wildman–Crippen LogP) is 4.95. The van der Waals surface area contributed by atoms with Crippen molar-refractivity contribution in [1.82, 2.24) is 19.5 Å². The van der Waals surface area contributed by atoms with Crippen LogP contribution < -0.4 is 4.90 Å². The monoisotopic (exact) mass is 493 g/mol. The summed E-state index contributed by atoms with van der Waals surface area (Å²) in [5.41, 5.74) is 1.43. The third-order valence-corrected chi connectivity index (χ3v) is 7.32. The van der Waals surface area contributed by atoms with Gasteiger partial charge in [0.25, 0.3) is 0 Å². The van der Waals surface area contributed by atoms with Crippen molar-refractivity contribution in [1.29, 1.82) is 0 Å². The fourth-order valence-electron chi connectivity index (χ4n) is 4.54. The fraction of sp³-hybridized carbons (Fsp3) is 0.200. The van der Waals surface area contributed by atoms with Crippen molar-refractivity contribution in [2.24, 2.45) is 0 Å². The molecule has 7 nitrogen and oxygen atoms in total. The minimum absolute atomic E-state index is 0.0128. The number of fused-ring (bicyclic) bond motifs is 1. The number of piperazine rings is 1. The average Bonchev–Trinajstić information content (AvgIpc) is 3.60. The number of aromatic hydroxyl groups is 1. The van der Waals surface area contributed by atoms with Crippen LogP contribution in [0.2, 0.25) is 0 Å². The molecule has 0 spiro atoms. The van der Waals surface area contributed by atoms with Crippen LogP contribution in [0.1, 0.15) is 16.5 Å². The largest absolute Gasteiger partial charge is 0.492 e. The maximum Gasteiger partial charge on any atom is 0.230 e. The van der Waals surface area contributed by atoms with E-state index in [0.717, 1.165) is 5.56 Å². The van der Waals surface area contributed by atoms with Crippen molar-refractivity contribution in [3.05, 3.63) is 89.0 Å². The highest BCUT2D eigenvalue weighted by Crippen LogP contribution is 2.41. The van der Waals surface area contributed by atoms with Crippen molar-refractivity contribution in [3.8, 4) is 17.5 Å². The Hall–Kier alpha value is -3.76. The molecule has 5 aromatic rings. The summed E-state index contributed by atoms with van der Waals surface area (Å²) in [5.74, 6) is 0.320. The van der Waals surface area contributed by atoms with Crippen LogP contribution >= 0.6 is 11.3 Å². The van der Waals surface area contributed by atoms with Gasteiger partial charge in [0.1, 0.15) is 11.6 Å². The lowest BCUT2D eigenvalue weighted by molar-refractivity contribution is 0.210. The van der Waals surface area contributed by atoms with E-state index in [1.807, 2.05) is 11.0 Å². The van der Waals surface area contributed by atoms with E-state index in [2.05, 4.69) is 15.0 Å². The molecule has 1 aliphatic rings. The number of halogens is 2. The molecule has 6 rings (SSSR count). The highest BCUT2D eigenvalue weighted by Gasteiger charge is 2.32. The van der Waals surface area contributed by atoms with Crippen LogP contribution in [0.3, 0.4) is 0 Å². The Morgan fingerprint density at radius 1 is 0.943 bits per heavy atom. The summed E-state index contributed by atoms with van der Waals surface area (Å²) >= 11 is 1.33. The van der Waals surface area contributed by atoms with Crippen LogP contribution in [-0.2, 0) is 0 Å². The number of hydrogen-bond acceptors (Lipinski definition) is 7. The van der Waals surface area contributed by atoms with Gasteiger partial charge in [-0.3, -0.25) is 4.90 Å². The summed E-state index contributed by atoms with van der Waals surface area (Å²) in [7, 11) is 0. The second-order valence-corrected chi connectivity index (χ2v) is 9.33. The van der Waals surface area contributed by atoms with Crippen LogP contribution in [-0.4, -0.2) is 50.8 Å². The van der Waals surface area contributed by atoms with Crippen molar-refractivity contribution in [3.63, 3.8) is 0 Å². The molecule has 0 radical (unpaired) electrons. The molecule has 178 valence electrons. The molecule has 1 aliphatic heterocycles. The van der Waals surface area contributed by atoms with E-state index in [1.165, 1.54) is 34.1 Å². The first-order valence-electron chi connectivity index (χ1n) is 11.2. The summed E-state index contributed by atoms with van der Waals surface area (Å²) < 4.78 is 34.8. The smallest absolute Gasteiger partial charge is 0.230 e. The molecule has 1 fully saturated rings. The highest BCUT2D eigenvalue weighted by molar-refractivity contribution is 7.17. The van der Waals surface area contributed by atoms with Gasteiger partial charge in [-0.25, -0.2) is 8.78 Å². The lowest BCUT2D eigenvalue weighted by Crippen LogP contribution is -2.48. The molecule has 0 aliphatic carbocycles. The van der Waals surface area contributed by atoms with Gasteiger partial charge in [-0.1, -0.05) is 35.6 Å². The van der Waals surface area contributed by atoms with E-state index < -0.39 is 0 Å². The van der Waals surface area contributed by atoms with Gasteiger partial charge in [0, 0.05) is 26.2 Å². The fourth-order valence-corrected chi connectivity index (χ4v) is 5.66. The van der Waals surface area contributed by atoms with Gasteiger partial charge in [0.15, 0.2) is 5.76 Å². The maximum absolute atomic E-state index is 14.3. The lowest BCUT2D eigenvalue weighted by atomic mass is 10.0. The standard InChI is InChI=1S/C25H21F2N5O2S/c26-17-9-7-16(8-10-17)21(31-13-11-30(12-14-31)19-5-2-1-4-18(19)27)22-24(33)32-25(35-22)28-23(29-32)20-6-3-15-34-20/h1-10,15,21,33H,11-14H2/t21-/m1/s1. The molecular formula is C25H21F2N5O2S. The topological polar surface area (TPSA) is 70.0 Å². The summed E-state index contributed by atoms with van der Waals surface area (Å²) in [6, 6.07) is 16.2. The van der Waals surface area contributed by atoms with Gasteiger partial charge in [0.2, 0.25) is 16.7 Å². The Balaban J connectivity index is 1.34. The Kier molecular flexibility index (Phi) is 5.46. The lowest BCUT2D eigenvalue weighted by Gasteiger charge is -2.40. The highest BCUT2D eigenvalue weighted by atomic mass is 32.1. The van der Waals surface area contributed by atoms with Gasteiger partial charge in [-0.15, -0.1) is 5.10 Å². The third kappa shape index (κ3) is 3.94. The van der Waals surface area contributed by atoms with Gasteiger partial charge < -0.3 is 14.4 Å². The first kappa shape index (κ1) is 21.8. The molecule has 0 amide bonds. The molecule has 1 atom stereocenters. The molecule has 1 saturated heterocycles. The zero-order valence-electron chi connectivity index (χ0n) is 18.5. The number of hydrogen-bond donors (Lipinski definition) is 1. The summed E-state index contributed by atoms with van der Waals surface area (Å²) in [4.78, 5) is 9.95. The van der Waals surface area contributed by atoms with Crippen LogP contribution in [0.4, 0.5) is 14.5 Å². The second-order valence-electron chi connectivity index (χ2n) is 8.33. The molecule has 0 saturated carbocycles. The van der Waals surface area contributed by atoms with Gasteiger partial charge in [-0.05, 0) is 42.0 Å². The molecule has 2 aromatic carbocycles. The third-order valence-electron chi connectivity index (χ3n) is 6.25. The van der Waals surface area contributed by atoms with Crippen LogP contribution in [0.25, 0.3) is 16.5 Å². The Morgan fingerprint density at radius 2 is 1.71 bits per heavy atom. The number of rotatable bonds is 5. The maximum atomic E-state index is 14.3. The molecular weight excluding hydrogens is 472 g/mol. The van der Waals surface area contributed by atoms with Crippen LogP contribution in [0.15, 0.2) is 71.3 Å². The van der Waals surface area contributed by atoms with Crippen molar-refractivity contribution >= 4 is 22.0 Å². The first-order valence-corrected chi connectivity index (χ1v) is 12.0. The summed E-state index contributed by atoms with van der Waals surface area (Å²) in [6.07, 6.45) is 1.54. The molecule has 0 bridgehead atoms. The SMILES string of the molecule is Oc1c([C@@H](c2ccc(F)cc2)N2CCN(c3ccccc3F)CC2)sc2nc(-c3ccco3)nn12. The molecule has 0 unspecified atom stereocenters. The number of anilines is 1. The van der Waals surface area contributed by atoms with E-state index in [1.54, 1.807) is 42.7 Å². The minimum Gasteiger partial charge on any atom is -0.492 e. The van der Waals surface area contributed by atoms with Gasteiger partial charge in [-0.2, -0.15) is 9.50 Å². The van der Waals surface area contributed by atoms with E-state index in [4.69, 9.17) is 4.42 Å². The van der Waals surface area contributed by atoms with Gasteiger partial charge in [0.05, 0.1) is 22.9 Å². The molecule has 3 aromatic heterocycles. The van der Waals surface area contributed by atoms with Gasteiger partial charge >= 0.3 is 0 Å². The van der Waals surface area contributed by atoms with Crippen LogP contribution in [0.5, 0.6) is 5.88 Å². The number of nitrogens with zero attached hydrogens (tertiary/aromatic N) is 5. The quantitative estimate of drug-likeness (QED) is 0.374. The predicted molar refractivity (Wildman–Crippen MR) is 129 cm³/mol. The number of thiazole rings is 1. The minimum atomic E-state index is -0.334. The number of furan rings is 1. The van der Waals surface area contributed by atoms with E-state index >= 15 is 0 Å². The molecule has 1 N–H and O–H groups in total.